The van der Waals surface area contributed by atoms with Gasteiger partial charge in [0.2, 0.25) is 5.95 Å². The standard InChI is InChI=1S/C22H19ClN6O/c23-19-6-7-20(30)17-10-16(29(13-18(17)19)15-4-2-1-3-5-15)8-9-26-21-14(11-24)12-27-22(25)28-21/h1-6,10,12-13,16H,7-9H2,(H3,25,26,27,28)/t16-/m0/s1. The Morgan fingerprint density at radius 2 is 2.10 bits per heavy atom. The molecule has 0 bridgehead atoms. The molecule has 0 fully saturated rings. The predicted molar refractivity (Wildman–Crippen MR) is 117 cm³/mol. The highest BCUT2D eigenvalue weighted by Gasteiger charge is 2.29. The van der Waals surface area contributed by atoms with Crippen LogP contribution in [0.15, 0.2) is 71.1 Å². The van der Waals surface area contributed by atoms with Crippen molar-refractivity contribution in [2.75, 3.05) is 22.5 Å². The van der Waals surface area contributed by atoms with E-state index < -0.39 is 0 Å². The number of halogens is 1. The van der Waals surface area contributed by atoms with Crippen molar-refractivity contribution in [3.8, 4) is 6.07 Å². The fourth-order valence-corrected chi connectivity index (χ4v) is 3.77. The average Bonchev–Trinajstić information content (AvgIpc) is 2.77. The van der Waals surface area contributed by atoms with Crippen LogP contribution >= 0.6 is 11.6 Å². The normalized spacial score (nSPS) is 18.0. The van der Waals surface area contributed by atoms with Crippen LogP contribution in [0, 0.1) is 11.3 Å². The first-order valence-electron chi connectivity index (χ1n) is 9.50. The van der Waals surface area contributed by atoms with Gasteiger partial charge in [0, 0.05) is 41.0 Å². The number of aromatic nitrogens is 2. The number of anilines is 3. The number of nitrogen functional groups attached to an aromatic ring is 1. The van der Waals surface area contributed by atoms with Gasteiger partial charge in [0.05, 0.1) is 12.2 Å². The summed E-state index contributed by atoms with van der Waals surface area (Å²) in [4.78, 5) is 22.5. The SMILES string of the molecule is N#Cc1cnc(N)nc1NCC[C@H]1C=C2C(=O)CC=C(Cl)C2=CN1c1ccccc1. The van der Waals surface area contributed by atoms with Gasteiger partial charge in [-0.15, -0.1) is 0 Å². The molecule has 0 spiro atoms. The first kappa shape index (κ1) is 19.7. The van der Waals surface area contributed by atoms with Crippen LogP contribution in [0.3, 0.4) is 0 Å². The van der Waals surface area contributed by atoms with Crippen molar-refractivity contribution in [1.29, 1.82) is 5.26 Å². The van der Waals surface area contributed by atoms with Crippen LogP contribution in [-0.2, 0) is 4.79 Å². The van der Waals surface area contributed by atoms with E-state index in [0.717, 1.165) is 11.3 Å². The van der Waals surface area contributed by atoms with Crippen LogP contribution < -0.4 is 16.0 Å². The second kappa shape index (κ2) is 8.39. The summed E-state index contributed by atoms with van der Waals surface area (Å²) in [5, 5.41) is 13.0. The van der Waals surface area contributed by atoms with Crippen LogP contribution in [0.5, 0.6) is 0 Å². The zero-order valence-electron chi connectivity index (χ0n) is 16.0. The number of ketones is 1. The first-order chi connectivity index (χ1) is 14.6. The Bertz CT molecular complexity index is 1120. The van der Waals surface area contributed by atoms with Gasteiger partial charge in [-0.3, -0.25) is 4.79 Å². The molecule has 0 saturated carbocycles. The smallest absolute Gasteiger partial charge is 0.222 e. The summed E-state index contributed by atoms with van der Waals surface area (Å²) in [5.41, 5.74) is 8.37. The number of fused-ring (bicyclic) bond motifs is 1. The predicted octanol–water partition coefficient (Wildman–Crippen LogP) is 3.53. The van der Waals surface area contributed by atoms with Crippen molar-refractivity contribution in [3.05, 3.63) is 76.6 Å². The molecule has 7 nitrogen and oxygen atoms in total. The number of nitrogens with two attached hydrogens (primary N) is 1. The highest BCUT2D eigenvalue weighted by molar-refractivity contribution is 6.34. The molecular formula is C22H19ClN6O. The molecule has 2 aliphatic rings. The van der Waals surface area contributed by atoms with E-state index in [4.69, 9.17) is 17.3 Å². The van der Waals surface area contributed by atoms with E-state index in [-0.39, 0.29) is 17.8 Å². The van der Waals surface area contributed by atoms with Gasteiger partial charge in [0.1, 0.15) is 17.5 Å². The van der Waals surface area contributed by atoms with Crippen LogP contribution in [0.2, 0.25) is 0 Å². The topological polar surface area (TPSA) is 108 Å². The van der Waals surface area contributed by atoms with E-state index in [9.17, 15) is 10.1 Å². The molecule has 0 radical (unpaired) electrons. The molecule has 0 saturated heterocycles. The molecule has 30 heavy (non-hydrogen) atoms. The third-order valence-corrected chi connectivity index (χ3v) is 5.37. The molecule has 1 aliphatic heterocycles. The van der Waals surface area contributed by atoms with Gasteiger partial charge >= 0.3 is 0 Å². The summed E-state index contributed by atoms with van der Waals surface area (Å²) in [5.74, 6) is 0.561. The minimum Gasteiger partial charge on any atom is -0.369 e. The minimum atomic E-state index is -0.0742. The van der Waals surface area contributed by atoms with Gasteiger partial charge in [-0.2, -0.15) is 10.2 Å². The van der Waals surface area contributed by atoms with Crippen molar-refractivity contribution in [2.45, 2.75) is 18.9 Å². The Labute approximate surface area is 179 Å². The van der Waals surface area contributed by atoms with Gasteiger partial charge < -0.3 is 16.0 Å². The van der Waals surface area contributed by atoms with Crippen molar-refractivity contribution in [2.24, 2.45) is 0 Å². The van der Waals surface area contributed by atoms with Gasteiger partial charge in [-0.05, 0) is 18.6 Å². The second-order valence-corrected chi connectivity index (χ2v) is 7.34. The molecule has 150 valence electrons. The van der Waals surface area contributed by atoms with Crippen molar-refractivity contribution < 1.29 is 4.79 Å². The number of allylic oxidation sites excluding steroid dienone is 4. The molecule has 4 rings (SSSR count). The van der Waals surface area contributed by atoms with E-state index in [1.54, 1.807) is 6.08 Å². The second-order valence-electron chi connectivity index (χ2n) is 6.93. The molecule has 1 aliphatic carbocycles. The van der Waals surface area contributed by atoms with Crippen LogP contribution in [0.25, 0.3) is 0 Å². The summed E-state index contributed by atoms with van der Waals surface area (Å²) in [6.07, 6.45) is 8.03. The summed E-state index contributed by atoms with van der Waals surface area (Å²) in [7, 11) is 0. The average molecular weight is 419 g/mol. The van der Waals surface area contributed by atoms with Crippen molar-refractivity contribution in [1.82, 2.24) is 9.97 Å². The highest BCUT2D eigenvalue weighted by Crippen LogP contribution is 2.36. The fraction of sp³-hybridized carbons (Fsp3) is 0.182. The molecule has 1 atom stereocenters. The number of Topliss-reactive ketones (excluding diaryl/α,β-unsaturated/α-hetero) is 1. The van der Waals surface area contributed by atoms with Crippen LogP contribution in [-0.4, -0.2) is 28.3 Å². The lowest BCUT2D eigenvalue weighted by Crippen LogP contribution is -2.36. The molecule has 0 amide bonds. The van der Waals surface area contributed by atoms with Crippen LogP contribution in [0.1, 0.15) is 18.4 Å². The number of para-hydroxylation sites is 1. The van der Waals surface area contributed by atoms with Gasteiger partial charge in [-0.1, -0.05) is 42.0 Å². The zero-order valence-corrected chi connectivity index (χ0v) is 16.8. The van der Waals surface area contributed by atoms with Crippen LogP contribution in [0.4, 0.5) is 17.5 Å². The summed E-state index contributed by atoms with van der Waals surface area (Å²) in [6, 6.07) is 11.9. The van der Waals surface area contributed by atoms with Gasteiger partial charge in [-0.25, -0.2) is 4.98 Å². The minimum absolute atomic E-state index is 0.0617. The number of rotatable bonds is 5. The molecule has 1 aromatic heterocycles. The number of benzene rings is 1. The van der Waals surface area contributed by atoms with Gasteiger partial charge in [0.15, 0.2) is 5.78 Å². The number of carbonyl (C=O) groups excluding carboxylic acids is 1. The largest absolute Gasteiger partial charge is 0.369 e. The molecule has 3 N–H and O–H groups in total. The van der Waals surface area contributed by atoms with E-state index in [1.165, 1.54) is 6.20 Å². The Morgan fingerprint density at radius 1 is 1.30 bits per heavy atom. The monoisotopic (exact) mass is 418 g/mol. The third-order valence-electron chi connectivity index (χ3n) is 5.01. The number of nitrogens with one attached hydrogen (secondary N) is 1. The molecule has 8 heteroatoms. The van der Waals surface area contributed by atoms with E-state index in [0.29, 0.717) is 41.4 Å². The maximum atomic E-state index is 12.5. The Kier molecular flexibility index (Phi) is 5.50. The summed E-state index contributed by atoms with van der Waals surface area (Å²) >= 11 is 6.39. The first-order valence-corrected chi connectivity index (χ1v) is 9.87. The highest BCUT2D eigenvalue weighted by atomic mass is 35.5. The molecule has 2 heterocycles. The zero-order chi connectivity index (χ0) is 21.1. The molecule has 1 aromatic carbocycles. The van der Waals surface area contributed by atoms with E-state index in [2.05, 4.69) is 26.3 Å². The lowest BCUT2D eigenvalue weighted by molar-refractivity contribution is -0.114. The summed E-state index contributed by atoms with van der Waals surface area (Å²) < 4.78 is 0. The number of hydrogen-bond donors (Lipinski definition) is 2. The Hall–Kier alpha value is -3.63. The molecular weight excluding hydrogens is 400 g/mol. The molecule has 0 unspecified atom stereocenters. The van der Waals surface area contributed by atoms with Crippen molar-refractivity contribution >= 4 is 34.8 Å². The van der Waals surface area contributed by atoms with E-state index >= 15 is 0 Å². The lowest BCUT2D eigenvalue weighted by Gasteiger charge is -2.35. The lowest BCUT2D eigenvalue weighted by atomic mass is 9.89. The number of nitrogens with zero attached hydrogens (tertiary/aromatic N) is 4. The fourth-order valence-electron chi connectivity index (χ4n) is 3.54. The van der Waals surface area contributed by atoms with Crippen molar-refractivity contribution in [3.63, 3.8) is 0 Å². The Balaban J connectivity index is 1.59. The molecule has 2 aromatic rings. The quantitative estimate of drug-likeness (QED) is 0.764. The third kappa shape index (κ3) is 3.91. The van der Waals surface area contributed by atoms with Gasteiger partial charge in [0.25, 0.3) is 0 Å². The Morgan fingerprint density at radius 3 is 2.87 bits per heavy atom. The van der Waals surface area contributed by atoms with E-state index in [1.807, 2.05) is 42.6 Å². The summed E-state index contributed by atoms with van der Waals surface area (Å²) in [6.45, 7) is 0.518. The maximum absolute atomic E-state index is 12.5. The number of nitriles is 1. The number of carbonyl (C=O) groups is 1. The number of hydrogen-bond acceptors (Lipinski definition) is 7. The maximum Gasteiger partial charge on any atom is 0.222 e.